The maximum Gasteiger partial charge on any atom is 0.293 e. The van der Waals surface area contributed by atoms with Crippen molar-refractivity contribution in [1.82, 2.24) is 24.6 Å². The number of aromatic nitrogens is 3. The van der Waals surface area contributed by atoms with Gasteiger partial charge in [0.15, 0.2) is 0 Å². The molecule has 1 aromatic heterocycles. The molecule has 3 aromatic rings. The number of carbonyl (C=O) groups excluding carboxylic acids is 1. The van der Waals surface area contributed by atoms with E-state index in [2.05, 4.69) is 41.2 Å². The van der Waals surface area contributed by atoms with Gasteiger partial charge in [0.2, 0.25) is 5.82 Å². The van der Waals surface area contributed by atoms with E-state index in [1.54, 1.807) is 7.11 Å². The SMILES string of the molecule is COCCN1CCN(C(=O)c2nc(CCc3ccccc3)n(-c3cccc(C)c3)n2)CC1. The average Bonchev–Trinajstić information content (AvgIpc) is 3.26. The van der Waals surface area contributed by atoms with Crippen molar-refractivity contribution in [3.63, 3.8) is 0 Å². The number of amides is 1. The van der Waals surface area contributed by atoms with Gasteiger partial charge in [-0.1, -0.05) is 42.5 Å². The normalized spacial score (nSPS) is 14.6. The van der Waals surface area contributed by atoms with E-state index in [1.807, 2.05) is 39.9 Å². The minimum atomic E-state index is -0.0937. The van der Waals surface area contributed by atoms with E-state index in [1.165, 1.54) is 5.56 Å². The number of hydrogen-bond acceptors (Lipinski definition) is 5. The lowest BCUT2D eigenvalue weighted by atomic mass is 10.1. The van der Waals surface area contributed by atoms with Crippen molar-refractivity contribution in [3.05, 3.63) is 77.4 Å². The summed E-state index contributed by atoms with van der Waals surface area (Å²) in [4.78, 5) is 22.1. The van der Waals surface area contributed by atoms with Crippen molar-refractivity contribution in [3.8, 4) is 5.69 Å². The maximum absolute atomic E-state index is 13.2. The second kappa shape index (κ2) is 10.5. The van der Waals surface area contributed by atoms with E-state index >= 15 is 0 Å². The van der Waals surface area contributed by atoms with Crippen molar-refractivity contribution in [2.45, 2.75) is 19.8 Å². The minimum absolute atomic E-state index is 0.0937. The van der Waals surface area contributed by atoms with E-state index in [0.717, 1.165) is 43.1 Å². The fraction of sp³-hybridized carbons (Fsp3) is 0.400. The highest BCUT2D eigenvalue weighted by molar-refractivity contribution is 5.90. The Morgan fingerprint density at radius 1 is 1.00 bits per heavy atom. The number of benzene rings is 2. The first-order valence-electron chi connectivity index (χ1n) is 11.2. The molecule has 7 heteroatoms. The molecule has 1 fully saturated rings. The Labute approximate surface area is 189 Å². The average molecular weight is 434 g/mol. The summed E-state index contributed by atoms with van der Waals surface area (Å²) in [5.74, 6) is 0.991. The fourth-order valence-electron chi connectivity index (χ4n) is 4.00. The van der Waals surface area contributed by atoms with Gasteiger partial charge in [0.05, 0.1) is 12.3 Å². The molecule has 0 unspecified atom stereocenters. The number of piperazine rings is 1. The van der Waals surface area contributed by atoms with Crippen LogP contribution in [0.3, 0.4) is 0 Å². The number of aryl methyl sites for hydroxylation is 3. The molecule has 0 saturated carbocycles. The van der Waals surface area contributed by atoms with Gasteiger partial charge in [-0.2, -0.15) is 0 Å². The molecular formula is C25H31N5O2. The van der Waals surface area contributed by atoms with Gasteiger partial charge in [-0.25, -0.2) is 9.67 Å². The summed E-state index contributed by atoms with van der Waals surface area (Å²) in [6.45, 7) is 6.70. The Balaban J connectivity index is 1.53. The highest BCUT2D eigenvalue weighted by Gasteiger charge is 2.26. The predicted molar refractivity (Wildman–Crippen MR) is 124 cm³/mol. The summed E-state index contributed by atoms with van der Waals surface area (Å²) in [5, 5.41) is 4.66. The molecule has 1 amide bonds. The Morgan fingerprint density at radius 3 is 2.50 bits per heavy atom. The topological polar surface area (TPSA) is 63.5 Å². The molecule has 0 aliphatic carbocycles. The molecule has 1 aliphatic heterocycles. The van der Waals surface area contributed by atoms with Crippen LogP contribution in [0.4, 0.5) is 0 Å². The molecule has 1 saturated heterocycles. The second-order valence-corrected chi connectivity index (χ2v) is 8.21. The maximum atomic E-state index is 13.2. The molecule has 1 aliphatic rings. The van der Waals surface area contributed by atoms with Crippen molar-refractivity contribution in [1.29, 1.82) is 0 Å². The molecule has 4 rings (SSSR count). The smallest absolute Gasteiger partial charge is 0.293 e. The molecule has 2 heterocycles. The quantitative estimate of drug-likeness (QED) is 0.547. The lowest BCUT2D eigenvalue weighted by Crippen LogP contribution is -2.49. The number of nitrogens with zero attached hydrogens (tertiary/aromatic N) is 5. The Kier molecular flexibility index (Phi) is 7.29. The molecule has 0 atom stereocenters. The molecule has 2 aromatic carbocycles. The number of rotatable bonds is 8. The molecule has 0 radical (unpaired) electrons. The third-order valence-corrected chi connectivity index (χ3v) is 5.86. The van der Waals surface area contributed by atoms with Crippen molar-refractivity contribution in [2.75, 3.05) is 46.4 Å². The van der Waals surface area contributed by atoms with Crippen LogP contribution < -0.4 is 0 Å². The zero-order chi connectivity index (χ0) is 22.3. The van der Waals surface area contributed by atoms with Crippen LogP contribution >= 0.6 is 0 Å². The van der Waals surface area contributed by atoms with E-state index in [0.29, 0.717) is 26.1 Å². The van der Waals surface area contributed by atoms with Crippen molar-refractivity contribution < 1.29 is 9.53 Å². The van der Waals surface area contributed by atoms with Gasteiger partial charge in [0, 0.05) is 46.3 Å². The zero-order valence-electron chi connectivity index (χ0n) is 18.9. The third kappa shape index (κ3) is 5.41. The summed E-state index contributed by atoms with van der Waals surface area (Å²) in [6, 6.07) is 18.5. The van der Waals surface area contributed by atoms with E-state index in [4.69, 9.17) is 9.72 Å². The largest absolute Gasteiger partial charge is 0.383 e. The monoisotopic (exact) mass is 433 g/mol. The molecular weight excluding hydrogens is 402 g/mol. The first-order valence-corrected chi connectivity index (χ1v) is 11.2. The van der Waals surface area contributed by atoms with Gasteiger partial charge in [0.25, 0.3) is 5.91 Å². The van der Waals surface area contributed by atoms with Crippen LogP contribution in [0, 0.1) is 6.92 Å². The summed E-state index contributed by atoms with van der Waals surface area (Å²) in [6.07, 6.45) is 1.56. The first kappa shape index (κ1) is 22.2. The van der Waals surface area contributed by atoms with Crippen LogP contribution in [0.1, 0.15) is 27.6 Å². The number of carbonyl (C=O) groups is 1. The van der Waals surface area contributed by atoms with Crippen LogP contribution in [-0.4, -0.2) is 76.9 Å². The molecule has 7 nitrogen and oxygen atoms in total. The molecule has 0 spiro atoms. The molecule has 168 valence electrons. The van der Waals surface area contributed by atoms with Crippen molar-refractivity contribution >= 4 is 5.91 Å². The van der Waals surface area contributed by atoms with Crippen molar-refractivity contribution in [2.24, 2.45) is 0 Å². The lowest BCUT2D eigenvalue weighted by Gasteiger charge is -2.33. The van der Waals surface area contributed by atoms with Gasteiger partial charge in [-0.05, 0) is 36.6 Å². The first-order chi connectivity index (χ1) is 15.6. The van der Waals surface area contributed by atoms with E-state index < -0.39 is 0 Å². The molecule has 0 N–H and O–H groups in total. The Bertz CT molecular complexity index is 1030. The van der Waals surface area contributed by atoms with Crippen LogP contribution in [0.5, 0.6) is 0 Å². The summed E-state index contributed by atoms with van der Waals surface area (Å²) < 4.78 is 7.00. The van der Waals surface area contributed by atoms with Gasteiger partial charge in [-0.3, -0.25) is 9.69 Å². The van der Waals surface area contributed by atoms with Crippen LogP contribution in [0.15, 0.2) is 54.6 Å². The van der Waals surface area contributed by atoms with Gasteiger partial charge < -0.3 is 9.64 Å². The minimum Gasteiger partial charge on any atom is -0.383 e. The second-order valence-electron chi connectivity index (χ2n) is 8.21. The van der Waals surface area contributed by atoms with Gasteiger partial charge in [0.1, 0.15) is 5.82 Å². The highest BCUT2D eigenvalue weighted by Crippen LogP contribution is 2.16. The van der Waals surface area contributed by atoms with Crippen LogP contribution in [-0.2, 0) is 17.6 Å². The number of methoxy groups -OCH3 is 1. The number of ether oxygens (including phenoxy) is 1. The zero-order valence-corrected chi connectivity index (χ0v) is 18.9. The van der Waals surface area contributed by atoms with E-state index in [9.17, 15) is 4.79 Å². The predicted octanol–water partition coefficient (Wildman–Crippen LogP) is 2.77. The standard InChI is InChI=1S/C25H31N5O2/c1-20-7-6-10-22(19-20)30-23(12-11-21-8-4-3-5-9-21)26-24(27-30)25(31)29-15-13-28(14-16-29)17-18-32-2/h3-10,19H,11-18H2,1-2H3. The molecule has 0 bridgehead atoms. The highest BCUT2D eigenvalue weighted by atomic mass is 16.5. The Hall–Kier alpha value is -3.03. The fourth-order valence-corrected chi connectivity index (χ4v) is 4.00. The number of hydrogen-bond donors (Lipinski definition) is 0. The van der Waals surface area contributed by atoms with Crippen LogP contribution in [0.25, 0.3) is 5.69 Å². The van der Waals surface area contributed by atoms with Crippen LogP contribution in [0.2, 0.25) is 0 Å². The molecule has 32 heavy (non-hydrogen) atoms. The summed E-state index contributed by atoms with van der Waals surface area (Å²) >= 11 is 0. The summed E-state index contributed by atoms with van der Waals surface area (Å²) in [5.41, 5.74) is 3.32. The van der Waals surface area contributed by atoms with Gasteiger partial charge in [-0.15, -0.1) is 5.10 Å². The third-order valence-electron chi connectivity index (χ3n) is 5.86. The lowest BCUT2D eigenvalue weighted by molar-refractivity contribution is 0.0583. The Morgan fingerprint density at radius 2 is 1.78 bits per heavy atom. The summed E-state index contributed by atoms with van der Waals surface area (Å²) in [7, 11) is 1.71. The van der Waals surface area contributed by atoms with E-state index in [-0.39, 0.29) is 11.7 Å². The van der Waals surface area contributed by atoms with Gasteiger partial charge >= 0.3 is 0 Å².